The number of aryl methyl sites for hydroxylation is 1. The molecule has 1 aromatic carbocycles. The molecule has 0 amide bonds. The molecule has 0 aliphatic carbocycles. The van der Waals surface area contributed by atoms with Crippen LogP contribution >= 0.6 is 34.5 Å². The van der Waals surface area contributed by atoms with Gasteiger partial charge in [0.2, 0.25) is 0 Å². The molecule has 134 valence electrons. The molecular weight excluding hydrogens is 401 g/mol. The van der Waals surface area contributed by atoms with Crippen LogP contribution in [0, 0.1) is 6.92 Å². The lowest BCUT2D eigenvalue weighted by atomic mass is 10.2. The second-order valence-electron chi connectivity index (χ2n) is 5.85. The first-order valence-corrected chi connectivity index (χ1v) is 9.68. The molecule has 0 spiro atoms. The van der Waals surface area contributed by atoms with Crippen LogP contribution in [-0.2, 0) is 0 Å². The third-order valence-electron chi connectivity index (χ3n) is 3.99. The Morgan fingerprint density at radius 3 is 2.70 bits per heavy atom. The van der Waals surface area contributed by atoms with Crippen molar-refractivity contribution in [1.82, 2.24) is 14.5 Å². The van der Waals surface area contributed by atoms with Gasteiger partial charge in [-0.25, -0.2) is 9.97 Å². The molecule has 0 atom stereocenters. The topological polar surface area (TPSA) is 47.8 Å². The number of nitrogens with zero attached hydrogens (tertiary/aromatic N) is 3. The van der Waals surface area contributed by atoms with Crippen LogP contribution in [0.5, 0.6) is 0 Å². The van der Waals surface area contributed by atoms with Gasteiger partial charge < -0.3 is 0 Å². The summed E-state index contributed by atoms with van der Waals surface area (Å²) in [6.45, 7) is 1.95. The number of halogens is 2. The maximum Gasteiger partial charge on any atom is 0.276 e. The van der Waals surface area contributed by atoms with Crippen LogP contribution in [0.3, 0.4) is 0 Å². The Balaban J connectivity index is 1.98. The molecule has 4 aromatic rings. The Bertz CT molecular complexity index is 1240. The number of hydrogen-bond donors (Lipinski definition) is 0. The molecular formula is C20H13Cl2N3OS. The van der Waals surface area contributed by atoms with Gasteiger partial charge in [-0.3, -0.25) is 9.36 Å². The summed E-state index contributed by atoms with van der Waals surface area (Å²) in [7, 11) is 0. The van der Waals surface area contributed by atoms with E-state index in [-0.39, 0.29) is 10.7 Å². The Morgan fingerprint density at radius 1 is 1.11 bits per heavy atom. The number of benzene rings is 1. The van der Waals surface area contributed by atoms with Crippen molar-refractivity contribution in [3.63, 3.8) is 0 Å². The first kappa shape index (κ1) is 17.9. The van der Waals surface area contributed by atoms with Gasteiger partial charge in [-0.15, -0.1) is 11.3 Å². The number of fused-ring (bicyclic) bond motifs is 1. The van der Waals surface area contributed by atoms with Gasteiger partial charge in [-0.1, -0.05) is 41.4 Å². The van der Waals surface area contributed by atoms with E-state index >= 15 is 0 Å². The van der Waals surface area contributed by atoms with Crippen molar-refractivity contribution in [2.75, 3.05) is 0 Å². The lowest BCUT2D eigenvalue weighted by molar-refractivity contribution is 0.939. The van der Waals surface area contributed by atoms with E-state index in [0.29, 0.717) is 26.8 Å². The van der Waals surface area contributed by atoms with Crippen LogP contribution in [0.4, 0.5) is 0 Å². The van der Waals surface area contributed by atoms with Crippen molar-refractivity contribution in [2.24, 2.45) is 0 Å². The van der Waals surface area contributed by atoms with Crippen molar-refractivity contribution in [1.29, 1.82) is 0 Å². The van der Waals surface area contributed by atoms with E-state index in [9.17, 15) is 4.79 Å². The number of aromatic nitrogens is 3. The monoisotopic (exact) mass is 413 g/mol. The van der Waals surface area contributed by atoms with Crippen LogP contribution < -0.4 is 5.56 Å². The Labute approximate surface area is 169 Å². The lowest BCUT2D eigenvalue weighted by Gasteiger charge is -2.11. The molecule has 27 heavy (non-hydrogen) atoms. The Kier molecular flexibility index (Phi) is 4.83. The molecule has 0 radical (unpaired) electrons. The highest BCUT2D eigenvalue weighted by Crippen LogP contribution is 2.25. The van der Waals surface area contributed by atoms with Crippen molar-refractivity contribution in [3.8, 4) is 5.69 Å². The second-order valence-corrected chi connectivity index (χ2v) is 7.87. The van der Waals surface area contributed by atoms with Gasteiger partial charge in [-0.05, 0) is 48.9 Å². The predicted octanol–water partition coefficient (Wildman–Crippen LogP) is 5.63. The van der Waals surface area contributed by atoms with Gasteiger partial charge in [0.15, 0.2) is 5.15 Å². The van der Waals surface area contributed by atoms with E-state index in [0.717, 1.165) is 10.4 Å². The second kappa shape index (κ2) is 7.27. The van der Waals surface area contributed by atoms with Gasteiger partial charge in [0.05, 0.1) is 11.2 Å². The Morgan fingerprint density at radius 2 is 1.93 bits per heavy atom. The average Bonchev–Trinajstić information content (AvgIpc) is 3.03. The molecule has 0 saturated carbocycles. The lowest BCUT2D eigenvalue weighted by Crippen LogP contribution is -2.22. The number of hydrogen-bond acceptors (Lipinski definition) is 4. The quantitative estimate of drug-likeness (QED) is 0.409. The highest BCUT2D eigenvalue weighted by molar-refractivity contribution is 7.18. The zero-order valence-corrected chi connectivity index (χ0v) is 16.5. The van der Waals surface area contributed by atoms with E-state index in [1.165, 1.54) is 15.9 Å². The zero-order valence-electron chi connectivity index (χ0n) is 14.2. The van der Waals surface area contributed by atoms with Gasteiger partial charge in [0.1, 0.15) is 10.5 Å². The largest absolute Gasteiger partial charge is 0.276 e. The summed E-state index contributed by atoms with van der Waals surface area (Å²) < 4.78 is 2.07. The predicted molar refractivity (Wildman–Crippen MR) is 113 cm³/mol. The van der Waals surface area contributed by atoms with E-state index < -0.39 is 0 Å². The summed E-state index contributed by atoms with van der Waals surface area (Å²) >= 11 is 13.9. The van der Waals surface area contributed by atoms with E-state index in [1.54, 1.807) is 24.4 Å². The van der Waals surface area contributed by atoms with Crippen LogP contribution in [0.25, 0.3) is 28.1 Å². The van der Waals surface area contributed by atoms with Gasteiger partial charge in [-0.2, -0.15) is 0 Å². The molecule has 7 heteroatoms. The highest BCUT2D eigenvalue weighted by Gasteiger charge is 2.15. The van der Waals surface area contributed by atoms with Gasteiger partial charge in [0, 0.05) is 16.1 Å². The van der Waals surface area contributed by atoms with Crippen molar-refractivity contribution < 1.29 is 0 Å². The molecule has 0 saturated heterocycles. The van der Waals surface area contributed by atoms with E-state index in [2.05, 4.69) is 9.97 Å². The molecule has 0 aliphatic rings. The number of rotatable bonds is 3. The van der Waals surface area contributed by atoms with Crippen molar-refractivity contribution >= 4 is 56.9 Å². The summed E-state index contributed by atoms with van der Waals surface area (Å²) in [5, 5.41) is 0.857. The standard InChI is InChI=1S/C20H13Cl2N3OS/c1-12-11-15-18(27-12)20(26)25(16-7-4-10-23-19(16)22)17(24-15)9-8-13-5-2-3-6-14(13)21/h2-11H,1H3/b9-8+. The third kappa shape index (κ3) is 3.41. The minimum absolute atomic E-state index is 0.174. The average molecular weight is 414 g/mol. The maximum absolute atomic E-state index is 13.2. The fourth-order valence-electron chi connectivity index (χ4n) is 2.78. The molecule has 0 fully saturated rings. The van der Waals surface area contributed by atoms with Crippen LogP contribution in [0.2, 0.25) is 10.2 Å². The fourth-order valence-corrected chi connectivity index (χ4v) is 4.06. The van der Waals surface area contributed by atoms with Crippen molar-refractivity contribution in [3.05, 3.63) is 85.5 Å². The normalized spacial score (nSPS) is 11.5. The van der Waals surface area contributed by atoms with Crippen LogP contribution in [-0.4, -0.2) is 14.5 Å². The number of pyridine rings is 1. The fraction of sp³-hybridized carbons (Fsp3) is 0.0500. The summed E-state index contributed by atoms with van der Waals surface area (Å²) in [6.07, 6.45) is 5.17. The molecule has 0 unspecified atom stereocenters. The summed E-state index contributed by atoms with van der Waals surface area (Å²) in [4.78, 5) is 23.0. The molecule has 0 bridgehead atoms. The molecule has 0 N–H and O–H groups in total. The Hall–Kier alpha value is -2.47. The van der Waals surface area contributed by atoms with Crippen molar-refractivity contribution in [2.45, 2.75) is 6.92 Å². The molecule has 0 aliphatic heterocycles. The van der Waals surface area contributed by atoms with Gasteiger partial charge >= 0.3 is 0 Å². The number of thiophene rings is 1. The molecule has 3 aromatic heterocycles. The maximum atomic E-state index is 13.2. The highest BCUT2D eigenvalue weighted by atomic mass is 35.5. The smallest absolute Gasteiger partial charge is 0.267 e. The van der Waals surface area contributed by atoms with Crippen LogP contribution in [0.1, 0.15) is 16.3 Å². The first-order chi connectivity index (χ1) is 13.0. The van der Waals surface area contributed by atoms with Gasteiger partial charge in [0.25, 0.3) is 5.56 Å². The minimum atomic E-state index is -0.174. The molecule has 3 heterocycles. The van der Waals surface area contributed by atoms with E-state index in [1.807, 2.05) is 43.3 Å². The zero-order chi connectivity index (χ0) is 19.0. The van der Waals surface area contributed by atoms with E-state index in [4.69, 9.17) is 23.2 Å². The third-order valence-corrected chi connectivity index (χ3v) is 5.66. The SMILES string of the molecule is Cc1cc2nc(/C=C/c3ccccc3Cl)n(-c3cccnc3Cl)c(=O)c2s1. The molecule has 4 rings (SSSR count). The summed E-state index contributed by atoms with van der Waals surface area (Å²) in [5.41, 5.74) is 1.81. The van der Waals surface area contributed by atoms with Crippen LogP contribution in [0.15, 0.2) is 53.5 Å². The molecule has 4 nitrogen and oxygen atoms in total. The summed E-state index contributed by atoms with van der Waals surface area (Å²) in [5.74, 6) is 0.458. The minimum Gasteiger partial charge on any atom is -0.267 e. The first-order valence-electron chi connectivity index (χ1n) is 8.11. The summed E-state index contributed by atoms with van der Waals surface area (Å²) in [6, 6.07) is 12.9.